The molecule has 0 bridgehead atoms. The highest BCUT2D eigenvalue weighted by Gasteiger charge is 2.49. The van der Waals surface area contributed by atoms with E-state index in [1.807, 2.05) is 0 Å². The summed E-state index contributed by atoms with van der Waals surface area (Å²) < 4.78 is 2.57. The Morgan fingerprint density at radius 1 is 0.212 bits per heavy atom. The van der Waals surface area contributed by atoms with Crippen molar-refractivity contribution in [3.63, 3.8) is 0 Å². The lowest BCUT2D eigenvalue weighted by molar-refractivity contribution is 0.568. The van der Waals surface area contributed by atoms with E-state index < -0.39 is 16.1 Å². The van der Waals surface area contributed by atoms with Crippen LogP contribution in [0, 0.1) is 0 Å². The van der Waals surface area contributed by atoms with Crippen LogP contribution in [0.3, 0.4) is 0 Å². The Kier molecular flexibility index (Phi) is 18.7. The van der Waals surface area contributed by atoms with Crippen LogP contribution in [0.5, 0.6) is 0 Å². The maximum Gasteiger partial charge on any atom is 0.252 e. The minimum absolute atomic E-state index is 0.131. The van der Waals surface area contributed by atoms with Crippen molar-refractivity contribution in [2.75, 3.05) is 9.80 Å². The zero-order chi connectivity index (χ0) is 81.0. The first-order chi connectivity index (χ1) is 57.0. The molecular formula is C112H100BN3Si2. The maximum absolute atomic E-state index is 3.24. The van der Waals surface area contributed by atoms with E-state index in [-0.39, 0.29) is 28.4 Å². The monoisotopic (exact) mass is 1550 g/mol. The molecule has 0 fully saturated rings. The van der Waals surface area contributed by atoms with Crippen molar-refractivity contribution in [1.82, 2.24) is 4.57 Å². The second-order valence-corrected chi connectivity index (χ2v) is 44.5. The second kappa shape index (κ2) is 29.2. The summed E-state index contributed by atoms with van der Waals surface area (Å²) in [5.41, 5.74) is 25.6. The number of aromatic nitrogens is 1. The number of benzene rings is 16. The molecule has 0 amide bonds. The Morgan fingerprint density at radius 2 is 0.568 bits per heavy atom. The molecule has 0 N–H and O–H groups in total. The maximum atomic E-state index is 2.74. The molecule has 0 atom stereocenters. The molecule has 0 radical (unpaired) electrons. The molecule has 0 spiro atoms. The van der Waals surface area contributed by atoms with Gasteiger partial charge in [0.05, 0.1) is 16.7 Å². The highest BCUT2D eigenvalue weighted by Crippen LogP contribution is 2.50. The number of anilines is 6. The van der Waals surface area contributed by atoms with Gasteiger partial charge in [-0.05, 0) is 202 Å². The Balaban J connectivity index is 0.994. The second-order valence-electron chi connectivity index (χ2n) is 36.9. The molecule has 3 nitrogen and oxygen atoms in total. The standard InChI is InChI=1S/C112H100BN3Si2/c1-109(2,3)83-64-81(65-84(71-83)110(4,5)6)79-63-80(82-66-85(111(7,8)9)72-86(67-82)112(10,11)12)69-88(68-79)116-104-62-59-78(77-39-20-13-21-40-77)70-101(104)113-100-61-60-97(118(93-48-28-17-29-49-93,94-50-30-18-31-51-94)95-52-32-19-33-53-95)76-105(100)114(106-74-89(75-107(116)108(106)113)115-102-57-36-34-55-98(102)99-56-35-37-58-103(99)115)87-41-38-54-96(73-87)117(90-42-22-14-23-43-90,91-44-24-15-25-45-91)92-46-26-16-27-47-92/h13-76H,1-12H3. The minimum atomic E-state index is -3.24. The Hall–Kier alpha value is -12.6. The first-order valence-electron chi connectivity index (χ1n) is 42.1. The number of rotatable bonds is 14. The van der Waals surface area contributed by atoms with E-state index in [1.54, 1.807) is 0 Å². The number of fused-ring (bicyclic) bond motifs is 7. The van der Waals surface area contributed by atoms with Gasteiger partial charge in [-0.3, -0.25) is 0 Å². The average Bonchev–Trinajstić information content (AvgIpc) is 1.03. The molecule has 19 rings (SSSR count). The smallest absolute Gasteiger partial charge is 0.252 e. The largest absolute Gasteiger partial charge is 0.311 e. The molecule has 574 valence electrons. The summed E-state index contributed by atoms with van der Waals surface area (Å²) >= 11 is 0. The van der Waals surface area contributed by atoms with Gasteiger partial charge in [0.15, 0.2) is 16.1 Å². The molecule has 2 aliphatic rings. The Morgan fingerprint density at radius 3 is 0.975 bits per heavy atom. The van der Waals surface area contributed by atoms with E-state index in [4.69, 9.17) is 0 Å². The first kappa shape index (κ1) is 75.5. The van der Waals surface area contributed by atoms with E-state index in [2.05, 4.69) is 486 Å². The lowest BCUT2D eigenvalue weighted by Gasteiger charge is -2.45. The van der Waals surface area contributed by atoms with Gasteiger partial charge in [0.1, 0.15) is 0 Å². The summed E-state index contributed by atoms with van der Waals surface area (Å²) in [5, 5.41) is 13.0. The van der Waals surface area contributed by atoms with Gasteiger partial charge in [-0.1, -0.05) is 405 Å². The molecule has 0 saturated heterocycles. The van der Waals surface area contributed by atoms with Crippen molar-refractivity contribution in [1.29, 1.82) is 0 Å². The molecule has 0 unspecified atom stereocenters. The average molecular weight is 1560 g/mol. The Bertz CT molecular complexity index is 6250. The molecule has 17 aromatic rings. The number of nitrogens with zero attached hydrogens (tertiary/aromatic N) is 3. The zero-order valence-electron chi connectivity index (χ0n) is 69.9. The van der Waals surface area contributed by atoms with E-state index in [0.29, 0.717) is 0 Å². The topological polar surface area (TPSA) is 11.4 Å². The van der Waals surface area contributed by atoms with Crippen LogP contribution in [0.25, 0.3) is 60.9 Å². The van der Waals surface area contributed by atoms with Gasteiger partial charge >= 0.3 is 0 Å². The van der Waals surface area contributed by atoms with Gasteiger partial charge in [-0.15, -0.1) is 0 Å². The number of hydrogen-bond donors (Lipinski definition) is 0. The van der Waals surface area contributed by atoms with Gasteiger partial charge in [0.2, 0.25) is 0 Å². The van der Waals surface area contributed by atoms with Crippen LogP contribution >= 0.6 is 0 Å². The van der Waals surface area contributed by atoms with Gasteiger partial charge in [-0.2, -0.15) is 0 Å². The fourth-order valence-corrected chi connectivity index (χ4v) is 28.9. The van der Waals surface area contributed by atoms with Crippen molar-refractivity contribution < 1.29 is 0 Å². The molecule has 1 aromatic heterocycles. The summed E-state index contributed by atoms with van der Waals surface area (Å²) in [6.45, 7) is 28.1. The van der Waals surface area contributed by atoms with Gasteiger partial charge in [-0.25, -0.2) is 0 Å². The molecular weight excluding hydrogens is 1450 g/mol. The van der Waals surface area contributed by atoms with Crippen LogP contribution in [0.2, 0.25) is 0 Å². The summed E-state index contributed by atoms with van der Waals surface area (Å²) in [6, 6.07) is 151. The third kappa shape index (κ3) is 13.0. The molecule has 2 aliphatic heterocycles. The normalized spacial score (nSPS) is 13.0. The van der Waals surface area contributed by atoms with Crippen LogP contribution < -0.4 is 67.7 Å². The molecule has 0 saturated carbocycles. The lowest BCUT2D eigenvalue weighted by atomic mass is 9.33. The first-order valence-corrected chi connectivity index (χ1v) is 46.1. The van der Waals surface area contributed by atoms with E-state index in [0.717, 1.165) is 50.8 Å². The molecule has 6 heteroatoms. The van der Waals surface area contributed by atoms with Crippen molar-refractivity contribution in [2.45, 2.75) is 105 Å². The van der Waals surface area contributed by atoms with Gasteiger partial charge in [0, 0.05) is 44.9 Å². The van der Waals surface area contributed by atoms with Crippen LogP contribution in [-0.4, -0.2) is 27.4 Å². The van der Waals surface area contributed by atoms with E-state index in [9.17, 15) is 0 Å². The molecule has 16 aromatic carbocycles. The van der Waals surface area contributed by atoms with E-state index in [1.165, 1.54) is 124 Å². The summed E-state index contributed by atoms with van der Waals surface area (Å²) in [5.74, 6) is 0. The summed E-state index contributed by atoms with van der Waals surface area (Å²) in [7, 11) is -6.42. The van der Waals surface area contributed by atoms with Gasteiger partial charge < -0.3 is 14.4 Å². The van der Waals surface area contributed by atoms with Crippen LogP contribution in [0.4, 0.5) is 34.1 Å². The van der Waals surface area contributed by atoms with E-state index >= 15 is 0 Å². The van der Waals surface area contributed by atoms with Crippen molar-refractivity contribution >= 4 is 137 Å². The van der Waals surface area contributed by atoms with Crippen LogP contribution in [-0.2, 0) is 21.7 Å². The Labute approximate surface area is 700 Å². The summed E-state index contributed by atoms with van der Waals surface area (Å²) in [4.78, 5) is 5.43. The quantitative estimate of drug-likeness (QED) is 0.0794. The third-order valence-electron chi connectivity index (χ3n) is 25.4. The van der Waals surface area contributed by atoms with Gasteiger partial charge in [0.25, 0.3) is 6.71 Å². The molecule has 118 heavy (non-hydrogen) atoms. The third-order valence-corrected chi connectivity index (χ3v) is 34.9. The highest BCUT2D eigenvalue weighted by atomic mass is 28.3. The van der Waals surface area contributed by atoms with Crippen LogP contribution in [0.15, 0.2) is 388 Å². The zero-order valence-corrected chi connectivity index (χ0v) is 71.9. The molecule has 3 heterocycles. The van der Waals surface area contributed by atoms with Crippen molar-refractivity contribution in [3.05, 3.63) is 411 Å². The minimum Gasteiger partial charge on any atom is -0.311 e. The fourth-order valence-electron chi connectivity index (χ4n) is 19.3. The molecule has 0 aliphatic carbocycles. The SMILES string of the molecule is CC(C)(C)c1cc(-c2cc(-c3cc(C(C)(C)C)cc(C(C)(C)C)c3)cc(N3c4ccc(-c5ccccc5)cc4B4c5ccc([Si](c6ccccc6)(c6ccccc6)c6ccccc6)cc5N(c5cccc([Si](c6ccccc6)(c6ccccc6)c6ccccc6)c5)c5cc(-n6c7ccccc7c7ccccc76)cc3c54)c2)cc(C(C)(C)C)c1. The highest BCUT2D eigenvalue weighted by molar-refractivity contribution is 7.20. The predicted octanol–water partition coefficient (Wildman–Crippen LogP) is 21.8. The fraction of sp³-hybridized carbons (Fsp3) is 0.143. The predicted molar refractivity (Wildman–Crippen MR) is 513 cm³/mol. The summed E-state index contributed by atoms with van der Waals surface area (Å²) in [6.07, 6.45) is 0. The van der Waals surface area contributed by atoms with Crippen molar-refractivity contribution in [3.8, 4) is 39.1 Å². The number of para-hydroxylation sites is 2. The van der Waals surface area contributed by atoms with Crippen LogP contribution in [0.1, 0.15) is 105 Å². The van der Waals surface area contributed by atoms with Crippen molar-refractivity contribution in [2.24, 2.45) is 0 Å². The number of hydrogen-bond acceptors (Lipinski definition) is 2. The lowest BCUT2D eigenvalue weighted by Crippen LogP contribution is -2.75.